The summed E-state index contributed by atoms with van der Waals surface area (Å²) in [6.07, 6.45) is 0. The molecule has 0 aliphatic carbocycles. The van der Waals surface area contributed by atoms with Crippen LogP contribution in [0.2, 0.25) is 0 Å². The molecule has 0 aromatic rings. The summed E-state index contributed by atoms with van der Waals surface area (Å²) in [5.74, 6) is 0.230. The monoisotopic (exact) mass is 400 g/mol. The van der Waals surface area contributed by atoms with Gasteiger partial charge in [0.2, 0.25) is 11.8 Å². The third-order valence-corrected chi connectivity index (χ3v) is 5.23. The molecule has 1 saturated heterocycles. The highest BCUT2D eigenvalue weighted by Crippen LogP contribution is 2.00. The van der Waals surface area contributed by atoms with E-state index in [1.54, 1.807) is 0 Å². The van der Waals surface area contributed by atoms with E-state index in [-0.39, 0.29) is 11.8 Å². The topological polar surface area (TPSA) is 65.6 Å². The molecule has 0 aromatic heterocycles. The van der Waals surface area contributed by atoms with Gasteiger partial charge in [0.1, 0.15) is 0 Å². The Morgan fingerprint density at radius 2 is 0.929 bits per heavy atom. The molecule has 2 amide bonds. The first-order valence-electron chi connectivity index (χ1n) is 10.7. The van der Waals surface area contributed by atoms with Crippen LogP contribution in [0.4, 0.5) is 0 Å². The first kappa shape index (κ1) is 24.8. The molecule has 0 aromatic carbocycles. The zero-order chi connectivity index (χ0) is 20.8. The number of carbonyl (C=O) groups excluding carboxylic acids is 2. The number of hydrogen-bond acceptors (Lipinski definition) is 6. The average Bonchev–Trinajstić information content (AvgIpc) is 2.70. The van der Waals surface area contributed by atoms with Crippen LogP contribution < -0.4 is 0 Å². The number of amides is 2. The third-order valence-electron chi connectivity index (χ3n) is 5.23. The summed E-state index contributed by atoms with van der Waals surface area (Å²) in [7, 11) is 0. The molecular formula is C20H40N4O4. The van der Waals surface area contributed by atoms with Gasteiger partial charge in [-0.1, -0.05) is 27.7 Å². The molecule has 0 atom stereocenters. The quantitative estimate of drug-likeness (QED) is 0.587. The zero-order valence-corrected chi connectivity index (χ0v) is 18.3. The molecule has 1 heterocycles. The molecular weight excluding hydrogens is 360 g/mol. The smallest absolute Gasteiger partial charge is 0.236 e. The van der Waals surface area contributed by atoms with Gasteiger partial charge in [-0.3, -0.25) is 19.4 Å². The van der Waals surface area contributed by atoms with Crippen molar-refractivity contribution in [2.45, 2.75) is 27.7 Å². The van der Waals surface area contributed by atoms with Gasteiger partial charge >= 0.3 is 0 Å². The molecule has 1 rings (SSSR count). The number of ether oxygens (including phenoxy) is 2. The van der Waals surface area contributed by atoms with Crippen LogP contribution in [0.15, 0.2) is 0 Å². The fourth-order valence-corrected chi connectivity index (χ4v) is 3.10. The SMILES string of the molecule is CCN(CC)CC(=O)N1CCOCCN(C(=O)CN(CC)CC)CCOCC1. The third kappa shape index (κ3) is 9.32. The van der Waals surface area contributed by atoms with Gasteiger partial charge in [0.15, 0.2) is 0 Å². The fourth-order valence-electron chi connectivity index (χ4n) is 3.10. The van der Waals surface area contributed by atoms with Crippen LogP contribution in [0.3, 0.4) is 0 Å². The molecule has 1 aliphatic heterocycles. The van der Waals surface area contributed by atoms with Crippen LogP contribution >= 0.6 is 0 Å². The maximum atomic E-state index is 12.6. The molecule has 0 bridgehead atoms. The Labute approximate surface area is 170 Å². The lowest BCUT2D eigenvalue weighted by molar-refractivity contribution is -0.135. The van der Waals surface area contributed by atoms with Crippen molar-refractivity contribution in [3.8, 4) is 0 Å². The molecule has 0 unspecified atom stereocenters. The predicted octanol–water partition coefficient (Wildman–Crippen LogP) is 0.374. The van der Waals surface area contributed by atoms with Crippen LogP contribution in [0, 0.1) is 0 Å². The van der Waals surface area contributed by atoms with Crippen LogP contribution in [-0.4, -0.2) is 123 Å². The Bertz CT molecular complexity index is 390. The van der Waals surface area contributed by atoms with Crippen molar-refractivity contribution in [1.82, 2.24) is 19.6 Å². The number of rotatable bonds is 8. The van der Waals surface area contributed by atoms with Crippen LogP contribution in [0.1, 0.15) is 27.7 Å². The minimum Gasteiger partial charge on any atom is -0.378 e. The van der Waals surface area contributed by atoms with Crippen molar-refractivity contribution < 1.29 is 19.1 Å². The van der Waals surface area contributed by atoms with Gasteiger partial charge in [0.25, 0.3) is 0 Å². The summed E-state index contributed by atoms with van der Waals surface area (Å²) in [5, 5.41) is 0. The standard InChI is InChI=1S/C20H40N4O4/c1-5-21(6-2)17-19(25)23-9-13-27-15-11-24(12-16-28-14-10-23)20(26)18-22(7-3)8-4/h5-18H2,1-4H3. The minimum absolute atomic E-state index is 0.115. The Morgan fingerprint density at radius 1 is 0.643 bits per heavy atom. The van der Waals surface area contributed by atoms with Gasteiger partial charge in [-0.15, -0.1) is 0 Å². The number of nitrogens with zero attached hydrogens (tertiary/aromatic N) is 4. The Balaban J connectivity index is 2.52. The molecule has 0 saturated carbocycles. The Kier molecular flexibility index (Phi) is 13.1. The second-order valence-corrected chi connectivity index (χ2v) is 6.91. The predicted molar refractivity (Wildman–Crippen MR) is 110 cm³/mol. The van der Waals surface area contributed by atoms with Crippen molar-refractivity contribution in [3.63, 3.8) is 0 Å². The molecule has 0 radical (unpaired) electrons. The van der Waals surface area contributed by atoms with Crippen molar-refractivity contribution >= 4 is 11.8 Å². The van der Waals surface area contributed by atoms with E-state index in [9.17, 15) is 9.59 Å². The maximum Gasteiger partial charge on any atom is 0.236 e. The van der Waals surface area contributed by atoms with E-state index in [0.29, 0.717) is 65.7 Å². The van der Waals surface area contributed by atoms with Crippen molar-refractivity contribution in [2.24, 2.45) is 0 Å². The van der Waals surface area contributed by atoms with E-state index in [4.69, 9.17) is 9.47 Å². The molecule has 8 heteroatoms. The maximum absolute atomic E-state index is 12.6. The van der Waals surface area contributed by atoms with Gasteiger partial charge in [0.05, 0.1) is 39.5 Å². The first-order chi connectivity index (χ1) is 13.5. The molecule has 1 fully saturated rings. The summed E-state index contributed by atoms with van der Waals surface area (Å²) in [6, 6.07) is 0. The van der Waals surface area contributed by atoms with E-state index in [2.05, 4.69) is 37.5 Å². The summed E-state index contributed by atoms with van der Waals surface area (Å²) < 4.78 is 11.5. The van der Waals surface area contributed by atoms with E-state index in [1.807, 2.05) is 9.80 Å². The number of likely N-dealkylation sites (N-methyl/N-ethyl adjacent to an activating group) is 2. The van der Waals surface area contributed by atoms with Crippen molar-refractivity contribution in [1.29, 1.82) is 0 Å². The second-order valence-electron chi connectivity index (χ2n) is 6.91. The van der Waals surface area contributed by atoms with Gasteiger partial charge in [-0.05, 0) is 26.2 Å². The first-order valence-corrected chi connectivity index (χ1v) is 10.7. The highest BCUT2D eigenvalue weighted by molar-refractivity contribution is 5.78. The largest absolute Gasteiger partial charge is 0.378 e. The van der Waals surface area contributed by atoms with Gasteiger partial charge < -0.3 is 19.3 Å². The van der Waals surface area contributed by atoms with E-state index in [0.717, 1.165) is 26.2 Å². The molecule has 0 N–H and O–H groups in total. The molecule has 0 spiro atoms. The summed E-state index contributed by atoms with van der Waals surface area (Å²) >= 11 is 0. The molecule has 8 nitrogen and oxygen atoms in total. The number of carbonyl (C=O) groups is 2. The Hall–Kier alpha value is -1.22. The summed E-state index contributed by atoms with van der Waals surface area (Å²) in [5.41, 5.74) is 0. The van der Waals surface area contributed by atoms with Crippen molar-refractivity contribution in [2.75, 3.05) is 91.9 Å². The normalized spacial score (nSPS) is 17.5. The van der Waals surface area contributed by atoms with E-state index < -0.39 is 0 Å². The van der Waals surface area contributed by atoms with Gasteiger partial charge in [-0.2, -0.15) is 0 Å². The van der Waals surface area contributed by atoms with Crippen LogP contribution in [0.5, 0.6) is 0 Å². The molecule has 1 aliphatic rings. The number of hydrogen-bond donors (Lipinski definition) is 0. The van der Waals surface area contributed by atoms with Crippen LogP contribution in [-0.2, 0) is 19.1 Å². The second kappa shape index (κ2) is 14.7. The lowest BCUT2D eigenvalue weighted by Gasteiger charge is -2.29. The minimum atomic E-state index is 0.115. The van der Waals surface area contributed by atoms with Crippen molar-refractivity contribution in [3.05, 3.63) is 0 Å². The zero-order valence-electron chi connectivity index (χ0n) is 18.3. The average molecular weight is 401 g/mol. The van der Waals surface area contributed by atoms with E-state index >= 15 is 0 Å². The van der Waals surface area contributed by atoms with Crippen LogP contribution in [0.25, 0.3) is 0 Å². The molecule has 28 heavy (non-hydrogen) atoms. The highest BCUT2D eigenvalue weighted by Gasteiger charge is 2.19. The van der Waals surface area contributed by atoms with Gasteiger partial charge in [-0.25, -0.2) is 0 Å². The van der Waals surface area contributed by atoms with Gasteiger partial charge in [0, 0.05) is 26.2 Å². The van der Waals surface area contributed by atoms with E-state index in [1.165, 1.54) is 0 Å². The lowest BCUT2D eigenvalue weighted by atomic mass is 10.3. The fraction of sp³-hybridized carbons (Fsp3) is 0.900. The molecule has 164 valence electrons. The Morgan fingerprint density at radius 3 is 1.18 bits per heavy atom. The lowest BCUT2D eigenvalue weighted by Crippen LogP contribution is -2.45. The summed E-state index contributed by atoms with van der Waals surface area (Å²) in [6.45, 7) is 16.7. The summed E-state index contributed by atoms with van der Waals surface area (Å²) in [4.78, 5) is 33.0. The highest BCUT2D eigenvalue weighted by atomic mass is 16.5.